The molecule has 328 valence electrons. The summed E-state index contributed by atoms with van der Waals surface area (Å²) in [6.07, 6.45) is 0. The summed E-state index contributed by atoms with van der Waals surface area (Å²) in [5.41, 5.74) is 8.69. The van der Waals surface area contributed by atoms with Gasteiger partial charge in [0, 0.05) is 41.6 Å². The number of azo groups is 2. The van der Waals surface area contributed by atoms with Gasteiger partial charge >= 0.3 is 0 Å². The maximum Gasteiger partial charge on any atom is 0.261 e. The fourth-order valence-electron chi connectivity index (χ4n) is 8.25. The Bertz CT molecular complexity index is 3330. The number of methoxy groups -OCH3 is 2. The number of amides is 1. The van der Waals surface area contributed by atoms with Gasteiger partial charge in [-0.2, -0.15) is 10.2 Å². The molecule has 0 unspecified atom stereocenters. The molecule has 1 amide bonds. The number of fused-ring (bicyclic) bond motifs is 5. The molecule has 0 spiro atoms. The lowest BCUT2D eigenvalue weighted by atomic mass is 10.0. The Morgan fingerprint density at radius 2 is 1.09 bits per heavy atom. The van der Waals surface area contributed by atoms with Gasteiger partial charge < -0.3 is 14.4 Å². The van der Waals surface area contributed by atoms with Crippen LogP contribution in [-0.4, -0.2) is 40.0 Å². The van der Waals surface area contributed by atoms with Gasteiger partial charge in [-0.1, -0.05) is 96.0 Å². The van der Waals surface area contributed by atoms with E-state index in [-0.39, 0.29) is 29.6 Å². The molecule has 1 aliphatic carbocycles. The lowest BCUT2D eigenvalue weighted by Crippen LogP contribution is -2.27. The minimum atomic E-state index is -0.334. The summed E-state index contributed by atoms with van der Waals surface area (Å²) in [5, 5.41) is 24.6. The van der Waals surface area contributed by atoms with E-state index in [4.69, 9.17) is 42.6 Å². The fraction of sp³-hybridized carbons (Fsp3) is 0.132. The van der Waals surface area contributed by atoms with Crippen LogP contribution in [0.25, 0.3) is 32.7 Å². The van der Waals surface area contributed by atoms with Crippen molar-refractivity contribution in [3.05, 3.63) is 177 Å². The minimum absolute atomic E-state index is 0.169. The number of halogens is 2. The second-order valence-corrected chi connectivity index (χ2v) is 16.7. The molecule has 0 aromatic heterocycles. The number of hydrogen-bond donors (Lipinski definition) is 0. The van der Waals surface area contributed by atoms with Crippen molar-refractivity contribution in [3.8, 4) is 22.6 Å². The Labute approximate surface area is 391 Å². The first kappa shape index (κ1) is 43.8. The smallest absolute Gasteiger partial charge is 0.261 e. The van der Waals surface area contributed by atoms with Gasteiger partial charge in [-0.3, -0.25) is 19.5 Å². The van der Waals surface area contributed by atoms with Crippen molar-refractivity contribution < 1.29 is 23.9 Å². The second-order valence-electron chi connectivity index (χ2n) is 15.9. The van der Waals surface area contributed by atoms with Gasteiger partial charge in [0.15, 0.2) is 17.3 Å². The van der Waals surface area contributed by atoms with Gasteiger partial charge in [0.25, 0.3) is 5.91 Å². The lowest BCUT2D eigenvalue weighted by molar-refractivity contribution is 0.0989. The van der Waals surface area contributed by atoms with Gasteiger partial charge in [-0.05, 0) is 108 Å². The number of anilines is 2. The molecular weight excluding hydrogens is 872 g/mol. The van der Waals surface area contributed by atoms with E-state index in [1.165, 1.54) is 12.0 Å². The molecule has 0 heterocycles. The van der Waals surface area contributed by atoms with Crippen LogP contribution in [0, 0.1) is 13.8 Å². The summed E-state index contributed by atoms with van der Waals surface area (Å²) in [6.45, 7) is 4.09. The van der Waals surface area contributed by atoms with E-state index in [2.05, 4.69) is 15.3 Å². The van der Waals surface area contributed by atoms with Crippen LogP contribution in [0.5, 0.6) is 11.5 Å². The molecule has 0 N–H and O–H groups in total. The first-order chi connectivity index (χ1) is 31.9. The van der Waals surface area contributed by atoms with Gasteiger partial charge in [0.05, 0.1) is 52.6 Å². The Morgan fingerprint density at radius 1 is 0.576 bits per heavy atom. The summed E-state index contributed by atoms with van der Waals surface area (Å²) in [5.74, 6) is 0.252. The van der Waals surface area contributed by atoms with Crippen molar-refractivity contribution in [1.82, 2.24) is 0 Å². The van der Waals surface area contributed by atoms with E-state index in [0.717, 1.165) is 55.0 Å². The molecule has 0 aliphatic heterocycles. The normalized spacial score (nSPS) is 12.0. The van der Waals surface area contributed by atoms with Crippen LogP contribution in [-0.2, 0) is 11.4 Å². The van der Waals surface area contributed by atoms with Crippen LogP contribution in [0.4, 0.5) is 34.1 Å². The van der Waals surface area contributed by atoms with Crippen molar-refractivity contribution in [3.63, 3.8) is 0 Å². The average Bonchev–Trinajstić information content (AvgIpc) is 3.60. The average molecular weight is 914 g/mol. The van der Waals surface area contributed by atoms with Gasteiger partial charge in [-0.15, -0.1) is 10.2 Å². The number of ether oxygens (including phenoxy) is 2. The first-order valence-electron chi connectivity index (χ1n) is 21.0. The monoisotopic (exact) mass is 912 g/mol. The Hall–Kier alpha value is -7.44. The van der Waals surface area contributed by atoms with E-state index >= 15 is 0 Å². The predicted molar refractivity (Wildman–Crippen MR) is 263 cm³/mol. The molecule has 13 heteroatoms. The van der Waals surface area contributed by atoms with Crippen molar-refractivity contribution >= 4 is 90.6 Å². The third-order valence-electron chi connectivity index (χ3n) is 11.6. The number of aryl methyl sites for hydroxylation is 2. The van der Waals surface area contributed by atoms with Gasteiger partial charge in [-0.25, -0.2) is 0 Å². The van der Waals surface area contributed by atoms with Gasteiger partial charge in [0.2, 0.25) is 0 Å². The van der Waals surface area contributed by atoms with Crippen LogP contribution in [0.15, 0.2) is 154 Å². The Balaban J connectivity index is 0.993. The zero-order valence-corrected chi connectivity index (χ0v) is 38.4. The molecule has 0 atom stereocenters. The SMILES string of the molecule is COc1c(CON(C)c2ccc(C)cc2Cl)cc2ccccc2c1N=Nc1ccc2c(c1)C(=O)c1cc(N=Nc3c(OC)c(C(=O)N(C)c4ccc(C)cc4Cl)cc4ccccc34)ccc1-2. The molecule has 0 bridgehead atoms. The molecule has 0 fully saturated rings. The maximum atomic E-state index is 14.1. The molecule has 0 radical (unpaired) electrons. The van der Waals surface area contributed by atoms with E-state index in [1.807, 2.05) is 123 Å². The van der Waals surface area contributed by atoms with E-state index in [0.29, 0.717) is 55.4 Å². The van der Waals surface area contributed by atoms with Gasteiger partial charge in [0.1, 0.15) is 18.0 Å². The molecule has 0 saturated carbocycles. The number of hydrogen-bond acceptors (Lipinski definition) is 10. The largest absolute Gasteiger partial charge is 0.494 e. The lowest BCUT2D eigenvalue weighted by Gasteiger charge is -2.21. The summed E-state index contributed by atoms with van der Waals surface area (Å²) < 4.78 is 11.8. The molecule has 11 nitrogen and oxygen atoms in total. The van der Waals surface area contributed by atoms with Crippen LogP contribution in [0.2, 0.25) is 10.0 Å². The third kappa shape index (κ3) is 8.24. The van der Waals surface area contributed by atoms with Crippen LogP contribution >= 0.6 is 23.2 Å². The standard InChI is InChI=1S/C53H42Cl2N6O5/c1-30-15-21-46(44(54)23-30)60(3)53(63)43-26-33-12-8-10-14-38(33)49(52(43)65-6)59-57-36-18-20-40-39-19-17-35(27-41(39)50(62)42(40)28-36)56-58-48-37-13-9-7-11-32(37)25-34(51(48)64-5)29-66-61(4)47-22-16-31(2)24-45(47)55/h7-28H,29H2,1-6H3. The zero-order chi connectivity index (χ0) is 46.2. The molecule has 1 aliphatic rings. The number of hydroxylamine groups is 1. The van der Waals surface area contributed by atoms with Crippen LogP contribution in [0.1, 0.15) is 43.0 Å². The van der Waals surface area contributed by atoms with Crippen molar-refractivity contribution in [2.24, 2.45) is 20.5 Å². The van der Waals surface area contributed by atoms with Crippen molar-refractivity contribution in [2.45, 2.75) is 20.5 Å². The van der Waals surface area contributed by atoms with E-state index in [9.17, 15) is 9.59 Å². The molecule has 0 saturated heterocycles. The highest BCUT2D eigenvalue weighted by Crippen LogP contribution is 2.45. The summed E-state index contributed by atoms with van der Waals surface area (Å²) >= 11 is 13.1. The molecule has 8 aromatic carbocycles. The first-order valence-corrected chi connectivity index (χ1v) is 21.7. The number of ketones is 1. The highest BCUT2D eigenvalue weighted by molar-refractivity contribution is 6.34. The highest BCUT2D eigenvalue weighted by Gasteiger charge is 2.28. The Morgan fingerprint density at radius 3 is 1.64 bits per heavy atom. The summed E-state index contributed by atoms with van der Waals surface area (Å²) in [6, 6.07) is 41.3. The second kappa shape index (κ2) is 18.2. The van der Waals surface area contributed by atoms with E-state index < -0.39 is 0 Å². The quantitative estimate of drug-likeness (QED) is 0.0890. The predicted octanol–water partition coefficient (Wildman–Crippen LogP) is 14.8. The number of rotatable bonds is 12. The minimum Gasteiger partial charge on any atom is -0.494 e. The zero-order valence-electron chi connectivity index (χ0n) is 36.9. The summed E-state index contributed by atoms with van der Waals surface area (Å²) in [7, 11) is 6.55. The number of nitrogens with zero attached hydrogens (tertiary/aromatic N) is 6. The number of benzene rings is 8. The molecule has 66 heavy (non-hydrogen) atoms. The topological polar surface area (TPSA) is 118 Å². The summed E-state index contributed by atoms with van der Waals surface area (Å²) in [4.78, 5) is 35.8. The number of carbonyl (C=O) groups is 2. The van der Waals surface area contributed by atoms with Crippen LogP contribution in [0.3, 0.4) is 0 Å². The molecular formula is C53H42Cl2N6O5. The Kier molecular flexibility index (Phi) is 12.1. The van der Waals surface area contributed by atoms with Crippen molar-refractivity contribution in [1.29, 1.82) is 0 Å². The van der Waals surface area contributed by atoms with Crippen LogP contribution < -0.4 is 19.4 Å². The number of carbonyl (C=O) groups excluding carboxylic acids is 2. The fourth-order valence-corrected chi connectivity index (χ4v) is 8.96. The maximum absolute atomic E-state index is 14.1. The highest BCUT2D eigenvalue weighted by atomic mass is 35.5. The molecule has 8 aromatic rings. The van der Waals surface area contributed by atoms with E-state index in [1.54, 1.807) is 50.5 Å². The molecule has 9 rings (SSSR count). The third-order valence-corrected chi connectivity index (χ3v) is 12.2. The van der Waals surface area contributed by atoms with Crippen molar-refractivity contribution in [2.75, 3.05) is 38.3 Å².